The molecule has 0 amide bonds. The Morgan fingerprint density at radius 2 is 1.73 bits per heavy atom. The maximum atomic E-state index is 14.0. The highest BCUT2D eigenvalue weighted by atomic mass is 19.1. The largest absolute Gasteiger partial charge is 0.389 e. The van der Waals surface area contributed by atoms with Crippen LogP contribution in [0.15, 0.2) is 54.6 Å². The molecule has 142 valence electrons. The van der Waals surface area contributed by atoms with Gasteiger partial charge in [0.05, 0.1) is 19.3 Å². The number of aliphatic hydroxyl groups is 1. The van der Waals surface area contributed by atoms with Gasteiger partial charge in [0.15, 0.2) is 0 Å². The standard InChI is InChI=1S/C22H30FNO2/c1-18(2)12-13-24(14-20-10-6-7-11-22(20)23)15-21(25)17-26-16-19-8-4-3-5-9-19/h3-11,18,21,25H,12-17H2,1-2H3/t21-/m0/s1. The zero-order valence-electron chi connectivity index (χ0n) is 15.8. The zero-order valence-corrected chi connectivity index (χ0v) is 15.8. The second-order valence-corrected chi connectivity index (χ2v) is 7.16. The SMILES string of the molecule is CC(C)CCN(Cc1ccccc1F)C[C@H](O)COCc1ccccc1. The van der Waals surface area contributed by atoms with Crippen LogP contribution < -0.4 is 0 Å². The molecular formula is C22H30FNO2. The van der Waals surface area contributed by atoms with Gasteiger partial charge in [-0.05, 0) is 30.5 Å². The van der Waals surface area contributed by atoms with Gasteiger partial charge in [0.25, 0.3) is 0 Å². The average Bonchev–Trinajstić information content (AvgIpc) is 2.62. The van der Waals surface area contributed by atoms with Crippen molar-refractivity contribution in [3.63, 3.8) is 0 Å². The molecule has 1 atom stereocenters. The second kappa shape index (κ2) is 11.1. The van der Waals surface area contributed by atoms with E-state index in [2.05, 4.69) is 18.7 Å². The topological polar surface area (TPSA) is 32.7 Å². The van der Waals surface area contributed by atoms with Crippen LogP contribution in [0.4, 0.5) is 4.39 Å². The molecule has 0 aliphatic heterocycles. The molecule has 0 bridgehead atoms. The molecule has 4 heteroatoms. The van der Waals surface area contributed by atoms with Crippen molar-refractivity contribution in [3.05, 3.63) is 71.5 Å². The number of rotatable bonds is 11. The third-order valence-corrected chi connectivity index (χ3v) is 4.27. The molecular weight excluding hydrogens is 329 g/mol. The Morgan fingerprint density at radius 3 is 2.42 bits per heavy atom. The Hall–Kier alpha value is -1.75. The first-order valence-electron chi connectivity index (χ1n) is 9.30. The van der Waals surface area contributed by atoms with Crippen molar-refractivity contribution in [3.8, 4) is 0 Å². The molecule has 2 aromatic rings. The van der Waals surface area contributed by atoms with E-state index in [1.807, 2.05) is 36.4 Å². The summed E-state index contributed by atoms with van der Waals surface area (Å²) in [5.74, 6) is 0.362. The first kappa shape index (κ1) is 20.6. The summed E-state index contributed by atoms with van der Waals surface area (Å²) in [5, 5.41) is 10.3. The molecule has 3 nitrogen and oxygen atoms in total. The van der Waals surface area contributed by atoms with Crippen LogP contribution in [0.25, 0.3) is 0 Å². The highest BCUT2D eigenvalue weighted by Gasteiger charge is 2.15. The van der Waals surface area contributed by atoms with Gasteiger partial charge in [-0.2, -0.15) is 0 Å². The van der Waals surface area contributed by atoms with E-state index < -0.39 is 6.10 Å². The van der Waals surface area contributed by atoms with Crippen molar-refractivity contribution in [2.24, 2.45) is 5.92 Å². The van der Waals surface area contributed by atoms with E-state index in [4.69, 9.17) is 4.74 Å². The van der Waals surface area contributed by atoms with Crippen molar-refractivity contribution in [1.29, 1.82) is 0 Å². The van der Waals surface area contributed by atoms with Crippen molar-refractivity contribution in [2.75, 3.05) is 19.7 Å². The molecule has 0 saturated carbocycles. The predicted molar refractivity (Wildman–Crippen MR) is 103 cm³/mol. The summed E-state index contributed by atoms with van der Waals surface area (Å²) in [4.78, 5) is 2.11. The third-order valence-electron chi connectivity index (χ3n) is 4.27. The van der Waals surface area contributed by atoms with Crippen molar-refractivity contribution >= 4 is 0 Å². The van der Waals surface area contributed by atoms with E-state index in [1.54, 1.807) is 12.1 Å². The number of halogens is 1. The maximum absolute atomic E-state index is 14.0. The van der Waals surface area contributed by atoms with Crippen LogP contribution in [0, 0.1) is 11.7 Å². The van der Waals surface area contributed by atoms with Gasteiger partial charge in [0.2, 0.25) is 0 Å². The fraction of sp³-hybridized carbons (Fsp3) is 0.455. The molecule has 1 N–H and O–H groups in total. The average molecular weight is 359 g/mol. The molecule has 0 spiro atoms. The van der Waals surface area contributed by atoms with Crippen LogP contribution in [0.2, 0.25) is 0 Å². The van der Waals surface area contributed by atoms with E-state index in [9.17, 15) is 9.50 Å². The summed E-state index contributed by atoms with van der Waals surface area (Å²) in [6.45, 7) is 6.87. The van der Waals surface area contributed by atoms with E-state index in [1.165, 1.54) is 6.07 Å². The molecule has 0 heterocycles. The summed E-state index contributed by atoms with van der Waals surface area (Å²) in [7, 11) is 0. The van der Waals surface area contributed by atoms with Crippen molar-refractivity contribution in [2.45, 2.75) is 39.5 Å². The van der Waals surface area contributed by atoms with Crippen LogP contribution in [-0.4, -0.2) is 35.8 Å². The van der Waals surface area contributed by atoms with Gasteiger partial charge in [-0.3, -0.25) is 4.90 Å². The number of ether oxygens (including phenoxy) is 1. The predicted octanol–water partition coefficient (Wildman–Crippen LogP) is 4.25. The molecule has 0 saturated heterocycles. The molecule has 0 unspecified atom stereocenters. The molecule has 26 heavy (non-hydrogen) atoms. The quantitative estimate of drug-likeness (QED) is 0.651. The molecule has 2 aromatic carbocycles. The van der Waals surface area contributed by atoms with E-state index in [0.29, 0.717) is 31.2 Å². The molecule has 0 radical (unpaired) electrons. The molecule has 0 aliphatic carbocycles. The summed E-state index contributed by atoms with van der Waals surface area (Å²) < 4.78 is 19.6. The number of nitrogens with zero attached hydrogens (tertiary/aromatic N) is 1. The lowest BCUT2D eigenvalue weighted by molar-refractivity contribution is 0.00774. The molecule has 0 aromatic heterocycles. The number of hydrogen-bond donors (Lipinski definition) is 1. The molecule has 0 aliphatic rings. The van der Waals surface area contributed by atoms with Crippen LogP contribution >= 0.6 is 0 Å². The van der Waals surface area contributed by atoms with Crippen LogP contribution in [0.1, 0.15) is 31.4 Å². The minimum Gasteiger partial charge on any atom is -0.389 e. The Balaban J connectivity index is 1.85. The molecule has 2 rings (SSSR count). The lowest BCUT2D eigenvalue weighted by atomic mass is 10.1. The maximum Gasteiger partial charge on any atom is 0.127 e. The minimum atomic E-state index is -0.599. The number of hydrogen-bond acceptors (Lipinski definition) is 3. The van der Waals surface area contributed by atoms with Crippen LogP contribution in [0.3, 0.4) is 0 Å². The van der Waals surface area contributed by atoms with Gasteiger partial charge in [-0.1, -0.05) is 62.4 Å². The summed E-state index contributed by atoms with van der Waals surface area (Å²) in [6, 6.07) is 16.7. The lowest BCUT2D eigenvalue weighted by Crippen LogP contribution is -2.36. The zero-order chi connectivity index (χ0) is 18.8. The van der Waals surface area contributed by atoms with E-state index in [0.717, 1.165) is 18.5 Å². The number of benzene rings is 2. The fourth-order valence-corrected chi connectivity index (χ4v) is 2.78. The lowest BCUT2D eigenvalue weighted by Gasteiger charge is -2.26. The van der Waals surface area contributed by atoms with Gasteiger partial charge >= 0.3 is 0 Å². The highest BCUT2D eigenvalue weighted by molar-refractivity contribution is 5.17. The van der Waals surface area contributed by atoms with E-state index >= 15 is 0 Å². The van der Waals surface area contributed by atoms with Gasteiger partial charge in [-0.25, -0.2) is 4.39 Å². The smallest absolute Gasteiger partial charge is 0.127 e. The van der Waals surface area contributed by atoms with Crippen molar-refractivity contribution < 1.29 is 14.2 Å². The summed E-state index contributed by atoms with van der Waals surface area (Å²) >= 11 is 0. The Labute approximate surface area is 156 Å². The van der Waals surface area contributed by atoms with Gasteiger partial charge < -0.3 is 9.84 Å². The van der Waals surface area contributed by atoms with Gasteiger partial charge in [0, 0.05) is 18.7 Å². The fourth-order valence-electron chi connectivity index (χ4n) is 2.78. The first-order valence-corrected chi connectivity index (χ1v) is 9.30. The van der Waals surface area contributed by atoms with Crippen molar-refractivity contribution in [1.82, 2.24) is 4.90 Å². The normalized spacial score (nSPS) is 12.7. The number of aliphatic hydroxyl groups excluding tert-OH is 1. The second-order valence-electron chi connectivity index (χ2n) is 7.16. The first-order chi connectivity index (χ1) is 12.5. The third kappa shape index (κ3) is 7.65. The minimum absolute atomic E-state index is 0.197. The Kier molecular flexibility index (Phi) is 8.75. The summed E-state index contributed by atoms with van der Waals surface area (Å²) in [5.41, 5.74) is 1.75. The monoisotopic (exact) mass is 359 g/mol. The van der Waals surface area contributed by atoms with Gasteiger partial charge in [-0.15, -0.1) is 0 Å². The Bertz CT molecular complexity index is 633. The van der Waals surface area contributed by atoms with Crippen LogP contribution in [0.5, 0.6) is 0 Å². The highest BCUT2D eigenvalue weighted by Crippen LogP contribution is 2.12. The van der Waals surface area contributed by atoms with Crippen LogP contribution in [-0.2, 0) is 17.9 Å². The van der Waals surface area contributed by atoms with Gasteiger partial charge in [0.1, 0.15) is 5.82 Å². The molecule has 0 fully saturated rings. The van der Waals surface area contributed by atoms with E-state index in [-0.39, 0.29) is 12.4 Å². The summed E-state index contributed by atoms with van der Waals surface area (Å²) in [6.07, 6.45) is 0.407. The Morgan fingerprint density at radius 1 is 1.04 bits per heavy atom.